The van der Waals surface area contributed by atoms with Gasteiger partial charge in [-0.15, -0.1) is 0 Å². The molecule has 2 nitrogen and oxygen atoms in total. The van der Waals surface area contributed by atoms with Gasteiger partial charge in [0.1, 0.15) is 6.61 Å². The monoisotopic (exact) mass is 508 g/mol. The van der Waals surface area contributed by atoms with Crippen LogP contribution in [0.15, 0.2) is 28.7 Å². The first-order chi connectivity index (χ1) is 15.7. The van der Waals surface area contributed by atoms with E-state index in [9.17, 15) is 4.79 Å². The maximum absolute atomic E-state index is 11.8. The number of ether oxygens (including phenoxy) is 1. The number of esters is 1. The van der Waals surface area contributed by atoms with Crippen LogP contribution in [0.1, 0.15) is 141 Å². The molecule has 1 rings (SSSR count). The fourth-order valence-corrected chi connectivity index (χ4v) is 4.43. The lowest BCUT2D eigenvalue weighted by molar-refractivity contribution is -0.145. The molecule has 0 amide bonds. The molecule has 32 heavy (non-hydrogen) atoms. The highest BCUT2D eigenvalue weighted by atomic mass is 79.9. The van der Waals surface area contributed by atoms with Gasteiger partial charge in [0.05, 0.1) is 0 Å². The maximum Gasteiger partial charge on any atom is 0.306 e. The van der Waals surface area contributed by atoms with E-state index in [1.54, 1.807) is 0 Å². The zero-order valence-corrected chi connectivity index (χ0v) is 22.4. The summed E-state index contributed by atoms with van der Waals surface area (Å²) in [6, 6.07) is 7.91. The van der Waals surface area contributed by atoms with Crippen LogP contribution < -0.4 is 0 Å². The van der Waals surface area contributed by atoms with Crippen molar-refractivity contribution in [2.24, 2.45) is 0 Å². The summed E-state index contributed by atoms with van der Waals surface area (Å²) in [4.78, 5) is 11.8. The highest BCUT2D eigenvalue weighted by Gasteiger charge is 2.03. The summed E-state index contributed by atoms with van der Waals surface area (Å²) in [7, 11) is 0. The summed E-state index contributed by atoms with van der Waals surface area (Å²) in [5.74, 6) is -0.0695. The average molecular weight is 510 g/mol. The summed E-state index contributed by atoms with van der Waals surface area (Å²) in [5.41, 5.74) is 1.04. The molecule has 0 spiro atoms. The van der Waals surface area contributed by atoms with E-state index < -0.39 is 0 Å². The molecule has 0 fully saturated rings. The average Bonchev–Trinajstić information content (AvgIpc) is 2.80. The molecular formula is C29H49BrO2. The number of halogens is 1. The number of carbonyl (C=O) groups excluding carboxylic acids is 1. The van der Waals surface area contributed by atoms with E-state index in [0.717, 1.165) is 22.9 Å². The summed E-state index contributed by atoms with van der Waals surface area (Å²) in [5, 5.41) is 0. The Morgan fingerprint density at radius 2 is 1.00 bits per heavy atom. The molecule has 0 radical (unpaired) electrons. The SMILES string of the molecule is CCCCCCCCCCCCCCCCCCCCCC(=O)OCc1ccc(Br)cc1. The second kappa shape index (κ2) is 22.0. The minimum absolute atomic E-state index is 0.0695. The van der Waals surface area contributed by atoms with Gasteiger partial charge >= 0.3 is 5.97 Å². The Hall–Kier alpha value is -0.830. The molecule has 0 aliphatic carbocycles. The van der Waals surface area contributed by atoms with Crippen molar-refractivity contribution >= 4 is 21.9 Å². The molecule has 1 aromatic carbocycles. The van der Waals surface area contributed by atoms with Crippen LogP contribution in [-0.2, 0) is 16.1 Å². The highest BCUT2D eigenvalue weighted by Crippen LogP contribution is 2.15. The predicted molar refractivity (Wildman–Crippen MR) is 142 cm³/mol. The third-order valence-electron chi connectivity index (χ3n) is 6.30. The Kier molecular flexibility index (Phi) is 20.1. The Labute approximate surface area is 207 Å². The van der Waals surface area contributed by atoms with E-state index in [1.165, 1.54) is 109 Å². The van der Waals surface area contributed by atoms with Crippen molar-refractivity contribution in [3.8, 4) is 0 Å². The smallest absolute Gasteiger partial charge is 0.306 e. The number of hydrogen-bond acceptors (Lipinski definition) is 2. The van der Waals surface area contributed by atoms with E-state index in [0.29, 0.717) is 13.0 Å². The summed E-state index contributed by atoms with van der Waals surface area (Å²) >= 11 is 3.41. The first kappa shape index (κ1) is 29.2. The molecule has 3 heteroatoms. The van der Waals surface area contributed by atoms with Crippen LogP contribution in [0.5, 0.6) is 0 Å². The molecule has 0 bridgehead atoms. The summed E-state index contributed by atoms with van der Waals surface area (Å²) in [6.45, 7) is 2.67. The van der Waals surface area contributed by atoms with Crippen LogP contribution in [-0.4, -0.2) is 5.97 Å². The normalized spacial score (nSPS) is 11.1. The highest BCUT2D eigenvalue weighted by molar-refractivity contribution is 9.10. The van der Waals surface area contributed by atoms with Crippen molar-refractivity contribution in [1.82, 2.24) is 0 Å². The van der Waals surface area contributed by atoms with Gasteiger partial charge in [0.25, 0.3) is 0 Å². The number of unbranched alkanes of at least 4 members (excludes halogenated alkanes) is 18. The quantitative estimate of drug-likeness (QED) is 0.115. The van der Waals surface area contributed by atoms with E-state index in [4.69, 9.17) is 4.74 Å². The molecule has 184 valence electrons. The standard InChI is InChI=1S/C29H49BrO2/c1-2-3-4-5-6-7-8-9-10-11-12-13-14-15-16-17-18-19-20-21-29(31)32-26-27-22-24-28(30)25-23-27/h22-25H,2-21,26H2,1H3. The van der Waals surface area contributed by atoms with Crippen LogP contribution in [0.3, 0.4) is 0 Å². The van der Waals surface area contributed by atoms with Gasteiger partial charge in [-0.3, -0.25) is 4.79 Å². The Morgan fingerprint density at radius 1 is 0.625 bits per heavy atom. The van der Waals surface area contributed by atoms with Gasteiger partial charge < -0.3 is 4.74 Å². The predicted octanol–water partition coefficient (Wildman–Crippen LogP) is 10.3. The van der Waals surface area contributed by atoms with Crippen LogP contribution in [0.4, 0.5) is 0 Å². The van der Waals surface area contributed by atoms with Crippen LogP contribution in [0, 0.1) is 0 Å². The van der Waals surface area contributed by atoms with E-state index >= 15 is 0 Å². The van der Waals surface area contributed by atoms with E-state index in [1.807, 2.05) is 24.3 Å². The fraction of sp³-hybridized carbons (Fsp3) is 0.759. The second-order valence-electron chi connectivity index (χ2n) is 9.40. The van der Waals surface area contributed by atoms with Crippen molar-refractivity contribution in [3.05, 3.63) is 34.3 Å². The lowest BCUT2D eigenvalue weighted by Gasteiger charge is -2.06. The summed E-state index contributed by atoms with van der Waals surface area (Å²) < 4.78 is 6.39. The third kappa shape index (κ3) is 18.7. The molecule has 0 N–H and O–H groups in total. The first-order valence-corrected chi connectivity index (χ1v) is 14.4. The molecule has 0 aromatic heterocycles. The van der Waals surface area contributed by atoms with Gasteiger partial charge in [-0.25, -0.2) is 0 Å². The van der Waals surface area contributed by atoms with Gasteiger partial charge in [0.15, 0.2) is 0 Å². The van der Waals surface area contributed by atoms with Gasteiger partial charge in [0, 0.05) is 10.9 Å². The molecule has 0 saturated heterocycles. The molecule has 0 aliphatic heterocycles. The van der Waals surface area contributed by atoms with Gasteiger partial charge in [-0.05, 0) is 24.1 Å². The van der Waals surface area contributed by atoms with Crippen molar-refractivity contribution in [2.45, 2.75) is 142 Å². The molecule has 1 aromatic rings. The van der Waals surface area contributed by atoms with Crippen molar-refractivity contribution in [2.75, 3.05) is 0 Å². The minimum atomic E-state index is -0.0695. The Bertz CT molecular complexity index is 541. The summed E-state index contributed by atoms with van der Waals surface area (Å²) in [6.07, 6.45) is 26.6. The van der Waals surface area contributed by atoms with E-state index in [-0.39, 0.29) is 5.97 Å². The van der Waals surface area contributed by atoms with Gasteiger partial charge in [0.2, 0.25) is 0 Å². The lowest BCUT2D eigenvalue weighted by atomic mass is 10.0. The molecular weight excluding hydrogens is 460 g/mol. The largest absolute Gasteiger partial charge is 0.461 e. The van der Waals surface area contributed by atoms with E-state index in [2.05, 4.69) is 22.9 Å². The number of rotatable bonds is 22. The first-order valence-electron chi connectivity index (χ1n) is 13.6. The number of carbonyl (C=O) groups is 1. The van der Waals surface area contributed by atoms with Crippen LogP contribution >= 0.6 is 15.9 Å². The molecule has 0 heterocycles. The molecule has 0 aliphatic rings. The molecule has 0 unspecified atom stereocenters. The van der Waals surface area contributed by atoms with Crippen molar-refractivity contribution < 1.29 is 9.53 Å². The molecule has 0 atom stereocenters. The van der Waals surface area contributed by atoms with Crippen molar-refractivity contribution in [1.29, 1.82) is 0 Å². The van der Waals surface area contributed by atoms with Crippen molar-refractivity contribution in [3.63, 3.8) is 0 Å². The molecule has 0 saturated carbocycles. The second-order valence-corrected chi connectivity index (χ2v) is 10.3. The topological polar surface area (TPSA) is 26.3 Å². The van der Waals surface area contributed by atoms with Crippen LogP contribution in [0.2, 0.25) is 0 Å². The number of benzene rings is 1. The zero-order chi connectivity index (χ0) is 23.1. The Balaban J connectivity index is 1.74. The maximum atomic E-state index is 11.8. The Morgan fingerprint density at radius 3 is 1.41 bits per heavy atom. The minimum Gasteiger partial charge on any atom is -0.461 e. The fourth-order valence-electron chi connectivity index (χ4n) is 4.16. The van der Waals surface area contributed by atoms with Gasteiger partial charge in [-0.2, -0.15) is 0 Å². The van der Waals surface area contributed by atoms with Gasteiger partial charge in [-0.1, -0.05) is 151 Å². The number of hydrogen-bond donors (Lipinski definition) is 0. The third-order valence-corrected chi connectivity index (χ3v) is 6.83. The zero-order valence-electron chi connectivity index (χ0n) is 20.9. The van der Waals surface area contributed by atoms with Crippen LogP contribution in [0.25, 0.3) is 0 Å². The lowest BCUT2D eigenvalue weighted by Crippen LogP contribution is -2.04.